The first kappa shape index (κ1) is 13.7. The molecule has 0 aliphatic heterocycles. The first-order valence-electron chi connectivity index (χ1n) is 6.56. The summed E-state index contributed by atoms with van der Waals surface area (Å²) in [5.41, 5.74) is 1.89. The van der Waals surface area contributed by atoms with Crippen molar-refractivity contribution in [1.82, 2.24) is 0 Å². The van der Waals surface area contributed by atoms with Gasteiger partial charge < -0.3 is 9.15 Å². The molecular formula is C17H13ClO3. The van der Waals surface area contributed by atoms with Crippen molar-refractivity contribution in [2.24, 2.45) is 0 Å². The van der Waals surface area contributed by atoms with Gasteiger partial charge in [-0.05, 0) is 23.8 Å². The van der Waals surface area contributed by atoms with Crippen LogP contribution in [-0.4, -0.2) is 6.07 Å². The standard InChI is InChI=1S/C17H13ClO3/c18-11-20-15-7-6-13-9-14(17(19)21-16(13)10-15)8-12-4-2-1-3-5-12/h1-7,9-10H,8,11H2. The maximum Gasteiger partial charge on any atom is 0.339 e. The second-order valence-corrected chi connectivity index (χ2v) is 4.89. The molecule has 3 nitrogen and oxygen atoms in total. The number of halogens is 1. The molecule has 0 aliphatic carbocycles. The summed E-state index contributed by atoms with van der Waals surface area (Å²) >= 11 is 5.52. The van der Waals surface area contributed by atoms with Gasteiger partial charge in [-0.15, -0.1) is 0 Å². The van der Waals surface area contributed by atoms with Crippen molar-refractivity contribution >= 4 is 22.6 Å². The molecule has 0 fully saturated rings. The largest absolute Gasteiger partial charge is 0.478 e. The van der Waals surface area contributed by atoms with Crippen molar-refractivity contribution in [2.75, 3.05) is 6.07 Å². The highest BCUT2D eigenvalue weighted by Gasteiger charge is 2.07. The van der Waals surface area contributed by atoms with Gasteiger partial charge in [0.2, 0.25) is 0 Å². The molecule has 3 rings (SSSR count). The Morgan fingerprint density at radius 2 is 1.86 bits per heavy atom. The highest BCUT2D eigenvalue weighted by molar-refractivity contribution is 6.17. The lowest BCUT2D eigenvalue weighted by atomic mass is 10.1. The molecule has 1 heterocycles. The van der Waals surface area contributed by atoms with Crippen molar-refractivity contribution in [3.05, 3.63) is 76.1 Å². The second-order valence-electron chi connectivity index (χ2n) is 4.67. The highest BCUT2D eigenvalue weighted by Crippen LogP contribution is 2.21. The van der Waals surface area contributed by atoms with Crippen molar-refractivity contribution < 1.29 is 9.15 Å². The topological polar surface area (TPSA) is 39.4 Å². The number of hydrogen-bond acceptors (Lipinski definition) is 3. The maximum absolute atomic E-state index is 12.1. The van der Waals surface area contributed by atoms with E-state index in [1.807, 2.05) is 42.5 Å². The summed E-state index contributed by atoms with van der Waals surface area (Å²) in [6.45, 7) is 0. The lowest BCUT2D eigenvalue weighted by molar-refractivity contribution is 0.387. The summed E-state index contributed by atoms with van der Waals surface area (Å²) < 4.78 is 10.6. The molecule has 4 heteroatoms. The highest BCUT2D eigenvalue weighted by atomic mass is 35.5. The molecule has 2 aromatic carbocycles. The first-order chi connectivity index (χ1) is 10.3. The Bertz CT molecular complexity index is 809. The van der Waals surface area contributed by atoms with Crippen LogP contribution in [0.25, 0.3) is 11.0 Å². The minimum Gasteiger partial charge on any atom is -0.478 e. The van der Waals surface area contributed by atoms with Gasteiger partial charge in [0, 0.05) is 23.4 Å². The van der Waals surface area contributed by atoms with Crippen LogP contribution in [0, 0.1) is 0 Å². The molecule has 0 bridgehead atoms. The van der Waals surface area contributed by atoms with Crippen molar-refractivity contribution in [3.8, 4) is 5.75 Å². The molecule has 3 aromatic rings. The minimum absolute atomic E-state index is 0.0574. The van der Waals surface area contributed by atoms with Gasteiger partial charge in [-0.25, -0.2) is 4.79 Å². The van der Waals surface area contributed by atoms with Crippen LogP contribution in [0.5, 0.6) is 5.75 Å². The van der Waals surface area contributed by atoms with E-state index in [9.17, 15) is 4.79 Å². The lowest BCUT2D eigenvalue weighted by Crippen LogP contribution is -2.07. The van der Waals surface area contributed by atoms with Crippen LogP contribution in [0.1, 0.15) is 11.1 Å². The fourth-order valence-electron chi connectivity index (χ4n) is 2.23. The van der Waals surface area contributed by atoms with Crippen LogP contribution in [0.3, 0.4) is 0 Å². The molecule has 0 spiro atoms. The van der Waals surface area contributed by atoms with Crippen molar-refractivity contribution in [2.45, 2.75) is 6.42 Å². The molecule has 0 aliphatic rings. The third-order valence-electron chi connectivity index (χ3n) is 3.24. The molecule has 0 radical (unpaired) electrons. The monoisotopic (exact) mass is 300 g/mol. The molecule has 0 unspecified atom stereocenters. The summed E-state index contributed by atoms with van der Waals surface area (Å²) in [5.74, 6) is 0.580. The van der Waals surface area contributed by atoms with Crippen LogP contribution in [0.4, 0.5) is 0 Å². The fraction of sp³-hybridized carbons (Fsp3) is 0.118. The predicted octanol–water partition coefficient (Wildman–Crippen LogP) is 3.96. The quantitative estimate of drug-likeness (QED) is 0.541. The number of fused-ring (bicyclic) bond motifs is 1. The van der Waals surface area contributed by atoms with E-state index < -0.39 is 0 Å². The molecule has 1 aromatic heterocycles. The summed E-state index contributed by atoms with van der Waals surface area (Å²) in [7, 11) is 0. The molecule has 21 heavy (non-hydrogen) atoms. The zero-order valence-electron chi connectivity index (χ0n) is 11.2. The first-order valence-corrected chi connectivity index (χ1v) is 7.09. The van der Waals surface area contributed by atoms with Gasteiger partial charge in [0.1, 0.15) is 11.3 Å². The van der Waals surface area contributed by atoms with Crippen LogP contribution >= 0.6 is 11.6 Å². The van der Waals surface area contributed by atoms with E-state index >= 15 is 0 Å². The van der Waals surface area contributed by atoms with Crippen molar-refractivity contribution in [1.29, 1.82) is 0 Å². The van der Waals surface area contributed by atoms with Gasteiger partial charge in [0.05, 0.1) is 0 Å². The normalized spacial score (nSPS) is 10.7. The van der Waals surface area contributed by atoms with E-state index in [1.54, 1.807) is 12.1 Å². The molecule has 0 amide bonds. The van der Waals surface area contributed by atoms with Gasteiger partial charge >= 0.3 is 5.63 Å². The van der Waals surface area contributed by atoms with E-state index in [-0.39, 0.29) is 11.7 Å². The Morgan fingerprint density at radius 3 is 2.62 bits per heavy atom. The third-order valence-corrected chi connectivity index (χ3v) is 3.35. The molecule has 0 atom stereocenters. The molecule has 0 saturated carbocycles. The lowest BCUT2D eigenvalue weighted by Gasteiger charge is -2.05. The predicted molar refractivity (Wildman–Crippen MR) is 83.1 cm³/mol. The van der Waals surface area contributed by atoms with Gasteiger partial charge in [-0.2, -0.15) is 0 Å². The van der Waals surface area contributed by atoms with Gasteiger partial charge in [0.15, 0.2) is 6.07 Å². The Kier molecular flexibility index (Phi) is 3.93. The van der Waals surface area contributed by atoms with Crippen LogP contribution in [0.15, 0.2) is 63.8 Å². The summed E-state index contributed by atoms with van der Waals surface area (Å²) in [5, 5.41) is 0.863. The molecule has 106 valence electrons. The second kappa shape index (κ2) is 6.02. The summed E-state index contributed by atoms with van der Waals surface area (Å²) in [6.07, 6.45) is 0.555. The summed E-state index contributed by atoms with van der Waals surface area (Å²) in [6, 6.07) is 17.1. The Hall–Kier alpha value is -2.26. The minimum atomic E-state index is -0.325. The number of hydrogen-bond donors (Lipinski definition) is 0. The van der Waals surface area contributed by atoms with E-state index in [1.165, 1.54) is 0 Å². The molecule has 0 N–H and O–H groups in total. The van der Waals surface area contributed by atoms with Gasteiger partial charge in [0.25, 0.3) is 0 Å². The number of ether oxygens (including phenoxy) is 1. The summed E-state index contributed by atoms with van der Waals surface area (Å²) in [4.78, 5) is 12.1. The zero-order chi connectivity index (χ0) is 14.7. The third kappa shape index (κ3) is 3.09. The Morgan fingerprint density at radius 1 is 1.05 bits per heavy atom. The van der Waals surface area contributed by atoms with Gasteiger partial charge in [-0.1, -0.05) is 41.9 Å². The van der Waals surface area contributed by atoms with E-state index in [0.717, 1.165) is 10.9 Å². The fourth-order valence-corrected chi connectivity index (χ4v) is 2.35. The number of alkyl halides is 1. The van der Waals surface area contributed by atoms with Crippen molar-refractivity contribution in [3.63, 3.8) is 0 Å². The van der Waals surface area contributed by atoms with Gasteiger partial charge in [-0.3, -0.25) is 0 Å². The van der Waals surface area contributed by atoms with Crippen LogP contribution < -0.4 is 10.4 Å². The Labute approximate surface area is 126 Å². The SMILES string of the molecule is O=c1oc2cc(OCCl)ccc2cc1Cc1ccccc1. The van der Waals surface area contributed by atoms with E-state index in [4.69, 9.17) is 20.8 Å². The number of rotatable bonds is 4. The van der Waals surface area contributed by atoms with Crippen LogP contribution in [-0.2, 0) is 6.42 Å². The molecular weight excluding hydrogens is 288 g/mol. The van der Waals surface area contributed by atoms with E-state index in [0.29, 0.717) is 23.3 Å². The Balaban J connectivity index is 1.99. The average molecular weight is 301 g/mol. The zero-order valence-corrected chi connectivity index (χ0v) is 12.0. The number of benzene rings is 2. The van der Waals surface area contributed by atoms with E-state index in [2.05, 4.69) is 0 Å². The molecule has 0 saturated heterocycles. The smallest absolute Gasteiger partial charge is 0.339 e. The average Bonchev–Trinajstić information content (AvgIpc) is 2.50. The van der Waals surface area contributed by atoms with Crippen LogP contribution in [0.2, 0.25) is 0 Å². The maximum atomic E-state index is 12.1.